The molecule has 2 bridgehead atoms. The van der Waals surface area contributed by atoms with Crippen LogP contribution in [0.3, 0.4) is 0 Å². The van der Waals surface area contributed by atoms with Crippen LogP contribution in [-0.2, 0) is 4.79 Å². The van der Waals surface area contributed by atoms with Crippen molar-refractivity contribution in [1.29, 1.82) is 0 Å². The second kappa shape index (κ2) is 4.00. The summed E-state index contributed by atoms with van der Waals surface area (Å²) in [6.07, 6.45) is 6.66. The number of piperidine rings is 2. The van der Waals surface area contributed by atoms with Gasteiger partial charge < -0.3 is 11.1 Å². The van der Waals surface area contributed by atoms with E-state index in [9.17, 15) is 4.79 Å². The highest BCUT2D eigenvalue weighted by molar-refractivity contribution is 5.76. The molecule has 3 N–H and O–H groups in total. The lowest BCUT2D eigenvalue weighted by molar-refractivity contribution is -0.123. The number of carbonyl (C=O) groups is 1. The van der Waals surface area contributed by atoms with Gasteiger partial charge in [0.15, 0.2) is 0 Å². The number of hydrogen-bond donors (Lipinski definition) is 2. The molecule has 0 radical (unpaired) electrons. The molecule has 16 heavy (non-hydrogen) atoms. The standard InChI is InChI=1S/C12H21N3O/c13-8-5-9-1-2-10(6-8)15(9)11-3-4-12(16)14-7-11/h8-11H,1-7,13H2,(H,14,16). The van der Waals surface area contributed by atoms with Crippen LogP contribution in [0.5, 0.6) is 0 Å². The van der Waals surface area contributed by atoms with Crippen molar-refractivity contribution in [3.8, 4) is 0 Å². The van der Waals surface area contributed by atoms with Crippen molar-refractivity contribution in [2.75, 3.05) is 6.54 Å². The number of hydrogen-bond acceptors (Lipinski definition) is 3. The zero-order chi connectivity index (χ0) is 11.1. The quantitative estimate of drug-likeness (QED) is 0.668. The van der Waals surface area contributed by atoms with Gasteiger partial charge in [0.05, 0.1) is 0 Å². The third-order valence-electron chi connectivity index (χ3n) is 4.49. The molecule has 0 aromatic rings. The molecule has 3 heterocycles. The lowest BCUT2D eigenvalue weighted by Gasteiger charge is -2.44. The lowest BCUT2D eigenvalue weighted by Crippen LogP contribution is -2.56. The van der Waals surface area contributed by atoms with E-state index in [2.05, 4.69) is 10.2 Å². The SMILES string of the molecule is NC1CC2CCC(C1)N2C1CCC(=O)NC1. The molecule has 0 spiro atoms. The highest BCUT2D eigenvalue weighted by Gasteiger charge is 2.43. The van der Waals surface area contributed by atoms with Gasteiger partial charge in [0.25, 0.3) is 0 Å². The van der Waals surface area contributed by atoms with Crippen LogP contribution in [0.2, 0.25) is 0 Å². The molecule has 1 amide bonds. The molecule has 90 valence electrons. The van der Waals surface area contributed by atoms with E-state index in [-0.39, 0.29) is 5.91 Å². The molecule has 3 unspecified atom stereocenters. The fraction of sp³-hybridized carbons (Fsp3) is 0.917. The Hall–Kier alpha value is -0.610. The van der Waals surface area contributed by atoms with Crippen LogP contribution in [0.4, 0.5) is 0 Å². The Bertz CT molecular complexity index is 270. The van der Waals surface area contributed by atoms with E-state index in [1.54, 1.807) is 0 Å². The maximum atomic E-state index is 11.2. The van der Waals surface area contributed by atoms with Gasteiger partial charge >= 0.3 is 0 Å². The van der Waals surface area contributed by atoms with Gasteiger partial charge in [0, 0.05) is 37.1 Å². The topological polar surface area (TPSA) is 58.4 Å². The third-order valence-corrected chi connectivity index (χ3v) is 4.49. The summed E-state index contributed by atoms with van der Waals surface area (Å²) in [6, 6.07) is 2.36. The molecular formula is C12H21N3O. The summed E-state index contributed by atoms with van der Waals surface area (Å²) < 4.78 is 0. The summed E-state index contributed by atoms with van der Waals surface area (Å²) in [4.78, 5) is 13.8. The largest absolute Gasteiger partial charge is 0.355 e. The minimum absolute atomic E-state index is 0.220. The van der Waals surface area contributed by atoms with Crippen molar-refractivity contribution in [2.24, 2.45) is 5.73 Å². The number of nitrogens with one attached hydrogen (secondary N) is 1. The monoisotopic (exact) mass is 223 g/mol. The maximum absolute atomic E-state index is 11.2. The van der Waals surface area contributed by atoms with Crippen molar-refractivity contribution in [1.82, 2.24) is 10.2 Å². The summed E-state index contributed by atoms with van der Waals surface area (Å²) in [5.74, 6) is 0.220. The minimum atomic E-state index is 0.220. The van der Waals surface area contributed by atoms with E-state index in [0.29, 0.717) is 30.6 Å². The van der Waals surface area contributed by atoms with Crippen LogP contribution in [0.25, 0.3) is 0 Å². The van der Waals surface area contributed by atoms with Gasteiger partial charge in [0.1, 0.15) is 0 Å². The van der Waals surface area contributed by atoms with Gasteiger partial charge in [-0.15, -0.1) is 0 Å². The Morgan fingerprint density at radius 3 is 2.38 bits per heavy atom. The highest BCUT2D eigenvalue weighted by atomic mass is 16.1. The van der Waals surface area contributed by atoms with E-state index in [1.807, 2.05) is 0 Å². The fourth-order valence-electron chi connectivity index (χ4n) is 3.83. The Morgan fingerprint density at radius 2 is 1.81 bits per heavy atom. The molecule has 0 saturated carbocycles. The van der Waals surface area contributed by atoms with Gasteiger partial charge in [-0.25, -0.2) is 0 Å². The Balaban J connectivity index is 1.69. The first-order chi connectivity index (χ1) is 7.74. The number of fused-ring (bicyclic) bond motifs is 2. The van der Waals surface area contributed by atoms with Crippen LogP contribution >= 0.6 is 0 Å². The first kappa shape index (κ1) is 10.5. The zero-order valence-electron chi connectivity index (χ0n) is 9.69. The summed E-state index contributed by atoms with van der Waals surface area (Å²) >= 11 is 0. The predicted octanol–water partition coefficient (Wildman–Crippen LogP) is 0.219. The molecule has 3 aliphatic heterocycles. The maximum Gasteiger partial charge on any atom is 0.220 e. The Labute approximate surface area is 96.5 Å². The van der Waals surface area contributed by atoms with Crippen molar-refractivity contribution < 1.29 is 4.79 Å². The molecule has 3 atom stereocenters. The van der Waals surface area contributed by atoms with Gasteiger partial charge in [0.2, 0.25) is 5.91 Å². The van der Waals surface area contributed by atoms with Crippen molar-refractivity contribution in [2.45, 2.75) is 62.7 Å². The molecule has 3 saturated heterocycles. The number of amides is 1. The van der Waals surface area contributed by atoms with E-state index in [0.717, 1.165) is 25.8 Å². The number of nitrogens with zero attached hydrogens (tertiary/aromatic N) is 1. The molecule has 3 aliphatic rings. The number of rotatable bonds is 1. The van der Waals surface area contributed by atoms with Crippen molar-refractivity contribution >= 4 is 5.91 Å². The van der Waals surface area contributed by atoms with Crippen LogP contribution in [0, 0.1) is 0 Å². The summed E-state index contributed by atoms with van der Waals surface area (Å²) in [5.41, 5.74) is 6.07. The second-order valence-corrected chi connectivity index (χ2v) is 5.56. The predicted molar refractivity (Wildman–Crippen MR) is 61.9 cm³/mol. The molecule has 4 heteroatoms. The molecule has 0 aliphatic carbocycles. The smallest absolute Gasteiger partial charge is 0.220 e. The molecule has 3 fully saturated rings. The molecule has 0 aromatic heterocycles. The van der Waals surface area contributed by atoms with Gasteiger partial charge in [-0.2, -0.15) is 0 Å². The lowest BCUT2D eigenvalue weighted by atomic mass is 9.93. The molecule has 0 aromatic carbocycles. The summed E-state index contributed by atoms with van der Waals surface area (Å²) in [7, 11) is 0. The van der Waals surface area contributed by atoms with Crippen LogP contribution < -0.4 is 11.1 Å². The van der Waals surface area contributed by atoms with E-state index < -0.39 is 0 Å². The van der Waals surface area contributed by atoms with Gasteiger partial charge in [-0.1, -0.05) is 0 Å². The number of nitrogens with two attached hydrogens (primary N) is 1. The van der Waals surface area contributed by atoms with E-state index in [1.165, 1.54) is 12.8 Å². The van der Waals surface area contributed by atoms with Crippen molar-refractivity contribution in [3.63, 3.8) is 0 Å². The van der Waals surface area contributed by atoms with E-state index in [4.69, 9.17) is 5.73 Å². The molecular weight excluding hydrogens is 202 g/mol. The normalized spacial score (nSPS) is 44.4. The zero-order valence-corrected chi connectivity index (χ0v) is 9.69. The minimum Gasteiger partial charge on any atom is -0.355 e. The average Bonchev–Trinajstić information content (AvgIpc) is 2.54. The van der Waals surface area contributed by atoms with Crippen LogP contribution in [0.1, 0.15) is 38.5 Å². The molecule has 3 rings (SSSR count). The van der Waals surface area contributed by atoms with Gasteiger partial charge in [-0.05, 0) is 32.1 Å². The fourth-order valence-corrected chi connectivity index (χ4v) is 3.83. The number of carbonyl (C=O) groups excluding carboxylic acids is 1. The highest BCUT2D eigenvalue weighted by Crippen LogP contribution is 2.37. The summed E-state index contributed by atoms with van der Waals surface area (Å²) in [5, 5.41) is 3.00. The van der Waals surface area contributed by atoms with Crippen molar-refractivity contribution in [3.05, 3.63) is 0 Å². The third kappa shape index (κ3) is 1.74. The van der Waals surface area contributed by atoms with E-state index >= 15 is 0 Å². The van der Waals surface area contributed by atoms with Gasteiger partial charge in [-0.3, -0.25) is 9.69 Å². The molecule has 4 nitrogen and oxygen atoms in total. The Kier molecular flexibility index (Phi) is 2.64. The van der Waals surface area contributed by atoms with Crippen LogP contribution in [-0.4, -0.2) is 41.5 Å². The second-order valence-electron chi connectivity index (χ2n) is 5.56. The summed E-state index contributed by atoms with van der Waals surface area (Å²) in [6.45, 7) is 0.848. The first-order valence-corrected chi connectivity index (χ1v) is 6.54. The first-order valence-electron chi connectivity index (χ1n) is 6.54. The van der Waals surface area contributed by atoms with Crippen LogP contribution in [0.15, 0.2) is 0 Å². The Morgan fingerprint density at radius 1 is 1.12 bits per heavy atom. The average molecular weight is 223 g/mol.